The van der Waals surface area contributed by atoms with Gasteiger partial charge in [0.15, 0.2) is 0 Å². The maximum absolute atomic E-state index is 10.6. The fourth-order valence-electron chi connectivity index (χ4n) is 1.84. The minimum atomic E-state index is -0.413. The van der Waals surface area contributed by atoms with Gasteiger partial charge in [-0.25, -0.2) is 0 Å². The van der Waals surface area contributed by atoms with E-state index in [1.807, 2.05) is 0 Å². The third-order valence-electron chi connectivity index (χ3n) is 2.88. The monoisotopic (exact) mass is 276 g/mol. The average molecular weight is 276 g/mol. The van der Waals surface area contributed by atoms with Gasteiger partial charge in [-0.3, -0.25) is 15.2 Å². The van der Waals surface area contributed by atoms with Crippen LogP contribution in [-0.2, 0) is 11.3 Å². The molecule has 7 nitrogen and oxygen atoms in total. The van der Waals surface area contributed by atoms with E-state index >= 15 is 0 Å². The number of ether oxygens (including phenoxy) is 1. The van der Waals surface area contributed by atoms with Gasteiger partial charge in [-0.05, 0) is 12.1 Å². The van der Waals surface area contributed by atoms with Crippen LogP contribution < -0.4 is 5.32 Å². The molecule has 2 aromatic rings. The Morgan fingerprint density at radius 1 is 1.40 bits per heavy atom. The number of non-ortho nitro benzene ring substituents is 1. The van der Waals surface area contributed by atoms with Gasteiger partial charge in [0, 0.05) is 43.5 Å². The molecule has 0 atom stereocenters. The second-order valence-corrected chi connectivity index (χ2v) is 4.24. The van der Waals surface area contributed by atoms with Crippen LogP contribution in [0.5, 0.6) is 0 Å². The summed E-state index contributed by atoms with van der Waals surface area (Å²) in [4.78, 5) is 10.2. The summed E-state index contributed by atoms with van der Waals surface area (Å²) in [6.45, 7) is 2.05. The molecule has 106 valence electrons. The summed E-state index contributed by atoms with van der Waals surface area (Å²) in [6.07, 6.45) is 1.75. The second-order valence-electron chi connectivity index (χ2n) is 4.24. The van der Waals surface area contributed by atoms with Crippen LogP contribution in [0.15, 0.2) is 30.5 Å². The number of aromatic amines is 1. The van der Waals surface area contributed by atoms with Crippen molar-refractivity contribution in [3.8, 4) is 11.3 Å². The third kappa shape index (κ3) is 3.40. The van der Waals surface area contributed by atoms with Gasteiger partial charge in [0.25, 0.3) is 5.69 Å². The molecule has 0 bridgehead atoms. The number of H-pyrrole nitrogens is 1. The number of nitro benzene ring substituents is 1. The molecule has 1 aromatic carbocycles. The van der Waals surface area contributed by atoms with Crippen molar-refractivity contribution in [1.82, 2.24) is 15.5 Å². The lowest BCUT2D eigenvalue weighted by molar-refractivity contribution is -0.384. The van der Waals surface area contributed by atoms with Gasteiger partial charge in [0.05, 0.1) is 23.4 Å². The van der Waals surface area contributed by atoms with E-state index in [1.165, 1.54) is 12.1 Å². The van der Waals surface area contributed by atoms with E-state index in [0.29, 0.717) is 13.2 Å². The van der Waals surface area contributed by atoms with Gasteiger partial charge in [0.1, 0.15) is 0 Å². The Kier molecular flexibility index (Phi) is 4.80. The van der Waals surface area contributed by atoms with Crippen LogP contribution in [0.2, 0.25) is 0 Å². The van der Waals surface area contributed by atoms with Gasteiger partial charge in [-0.15, -0.1) is 0 Å². The standard InChI is InChI=1S/C13H16N4O3/c1-20-7-6-14-8-11-9-15-16-13(11)10-2-4-12(5-3-10)17(18)19/h2-5,9,14H,6-8H2,1H3,(H,15,16). The smallest absolute Gasteiger partial charge is 0.269 e. The van der Waals surface area contributed by atoms with E-state index < -0.39 is 4.92 Å². The van der Waals surface area contributed by atoms with Crippen LogP contribution in [0.3, 0.4) is 0 Å². The molecule has 1 aromatic heterocycles. The molecule has 0 unspecified atom stereocenters. The van der Waals surface area contributed by atoms with Crippen molar-refractivity contribution in [2.24, 2.45) is 0 Å². The molecule has 0 aliphatic heterocycles. The Morgan fingerprint density at radius 2 is 2.15 bits per heavy atom. The van der Waals surface area contributed by atoms with Gasteiger partial charge >= 0.3 is 0 Å². The summed E-state index contributed by atoms with van der Waals surface area (Å²) < 4.78 is 4.96. The lowest BCUT2D eigenvalue weighted by Crippen LogP contribution is -2.18. The number of rotatable bonds is 7. The number of hydrogen-bond acceptors (Lipinski definition) is 5. The first kappa shape index (κ1) is 14.2. The quantitative estimate of drug-likeness (QED) is 0.456. The first-order valence-corrected chi connectivity index (χ1v) is 6.19. The van der Waals surface area contributed by atoms with Crippen LogP contribution >= 0.6 is 0 Å². The van der Waals surface area contributed by atoms with Gasteiger partial charge < -0.3 is 10.1 Å². The normalized spacial score (nSPS) is 10.7. The van der Waals surface area contributed by atoms with Crippen molar-refractivity contribution in [2.45, 2.75) is 6.54 Å². The van der Waals surface area contributed by atoms with E-state index in [9.17, 15) is 10.1 Å². The van der Waals surface area contributed by atoms with Crippen molar-refractivity contribution < 1.29 is 9.66 Å². The van der Waals surface area contributed by atoms with Crippen molar-refractivity contribution in [2.75, 3.05) is 20.3 Å². The number of hydrogen-bond donors (Lipinski definition) is 2. The molecule has 0 saturated carbocycles. The van der Waals surface area contributed by atoms with Crippen molar-refractivity contribution in [3.05, 3.63) is 46.1 Å². The van der Waals surface area contributed by atoms with E-state index in [-0.39, 0.29) is 5.69 Å². The minimum absolute atomic E-state index is 0.0769. The number of benzene rings is 1. The summed E-state index contributed by atoms with van der Waals surface area (Å²) in [5.74, 6) is 0. The van der Waals surface area contributed by atoms with E-state index in [1.54, 1.807) is 25.4 Å². The first-order valence-electron chi connectivity index (χ1n) is 6.19. The number of nitrogens with one attached hydrogen (secondary N) is 2. The molecular formula is C13H16N4O3. The number of nitrogens with zero attached hydrogens (tertiary/aromatic N) is 2. The molecule has 0 amide bonds. The Labute approximate surface area is 116 Å². The molecular weight excluding hydrogens is 260 g/mol. The number of methoxy groups -OCH3 is 1. The molecule has 0 aliphatic rings. The van der Waals surface area contributed by atoms with Crippen molar-refractivity contribution >= 4 is 5.69 Å². The topological polar surface area (TPSA) is 93.1 Å². The molecule has 0 aliphatic carbocycles. The molecule has 0 radical (unpaired) electrons. The highest BCUT2D eigenvalue weighted by Crippen LogP contribution is 2.23. The molecule has 7 heteroatoms. The Balaban J connectivity index is 2.08. The molecule has 0 spiro atoms. The first-order chi connectivity index (χ1) is 9.72. The van der Waals surface area contributed by atoms with Gasteiger partial charge in [0.2, 0.25) is 0 Å². The minimum Gasteiger partial charge on any atom is -0.383 e. The number of nitro groups is 1. The van der Waals surface area contributed by atoms with Crippen LogP contribution in [0, 0.1) is 10.1 Å². The molecule has 1 heterocycles. The third-order valence-corrected chi connectivity index (χ3v) is 2.88. The van der Waals surface area contributed by atoms with Gasteiger partial charge in [-0.1, -0.05) is 0 Å². The highest BCUT2D eigenvalue weighted by molar-refractivity contribution is 5.63. The zero-order valence-corrected chi connectivity index (χ0v) is 11.1. The molecule has 2 N–H and O–H groups in total. The maximum Gasteiger partial charge on any atom is 0.269 e. The van der Waals surface area contributed by atoms with Crippen LogP contribution in [0.1, 0.15) is 5.56 Å². The second kappa shape index (κ2) is 6.78. The van der Waals surface area contributed by atoms with E-state index in [2.05, 4.69) is 15.5 Å². The maximum atomic E-state index is 10.6. The average Bonchev–Trinajstić information content (AvgIpc) is 2.92. The molecule has 2 rings (SSSR count). The Bertz CT molecular complexity index is 565. The summed E-state index contributed by atoms with van der Waals surface area (Å²) in [7, 11) is 1.65. The zero-order valence-electron chi connectivity index (χ0n) is 11.1. The molecule has 0 saturated heterocycles. The van der Waals surface area contributed by atoms with Gasteiger partial charge in [-0.2, -0.15) is 5.10 Å². The zero-order chi connectivity index (χ0) is 14.4. The summed E-state index contributed by atoms with van der Waals surface area (Å²) in [5.41, 5.74) is 2.82. The van der Waals surface area contributed by atoms with Crippen molar-refractivity contribution in [3.63, 3.8) is 0 Å². The van der Waals surface area contributed by atoms with Crippen LogP contribution in [0.4, 0.5) is 5.69 Å². The van der Waals surface area contributed by atoms with Crippen molar-refractivity contribution in [1.29, 1.82) is 0 Å². The van der Waals surface area contributed by atoms with E-state index in [0.717, 1.165) is 23.4 Å². The Hall–Kier alpha value is -2.25. The SMILES string of the molecule is COCCNCc1cn[nH]c1-c1ccc([N+](=O)[O-])cc1. The Morgan fingerprint density at radius 3 is 2.80 bits per heavy atom. The van der Waals surface area contributed by atoms with Crippen LogP contribution in [0.25, 0.3) is 11.3 Å². The lowest BCUT2D eigenvalue weighted by atomic mass is 10.1. The predicted octanol–water partition coefficient (Wildman–Crippen LogP) is 1.72. The summed E-state index contributed by atoms with van der Waals surface area (Å²) >= 11 is 0. The van der Waals surface area contributed by atoms with E-state index in [4.69, 9.17) is 4.74 Å². The fraction of sp³-hybridized carbons (Fsp3) is 0.308. The fourth-order valence-corrected chi connectivity index (χ4v) is 1.84. The molecule has 20 heavy (non-hydrogen) atoms. The largest absolute Gasteiger partial charge is 0.383 e. The summed E-state index contributed by atoms with van der Waals surface area (Å²) in [6, 6.07) is 6.39. The highest BCUT2D eigenvalue weighted by Gasteiger charge is 2.10. The highest BCUT2D eigenvalue weighted by atomic mass is 16.6. The molecule has 0 fully saturated rings. The summed E-state index contributed by atoms with van der Waals surface area (Å²) in [5, 5.41) is 20.8. The lowest BCUT2D eigenvalue weighted by Gasteiger charge is -2.05. The number of aromatic nitrogens is 2. The van der Waals surface area contributed by atoms with Crippen LogP contribution in [-0.4, -0.2) is 35.4 Å². The predicted molar refractivity (Wildman–Crippen MR) is 74.3 cm³/mol.